The van der Waals surface area contributed by atoms with Gasteiger partial charge in [0.2, 0.25) is 0 Å². The number of H-pyrrole nitrogens is 1. The lowest BCUT2D eigenvalue weighted by Gasteiger charge is -2.05. The molecule has 90 valence electrons. The van der Waals surface area contributed by atoms with Crippen LogP contribution in [0.1, 0.15) is 25.0 Å². The van der Waals surface area contributed by atoms with E-state index in [4.69, 9.17) is 11.6 Å². The summed E-state index contributed by atoms with van der Waals surface area (Å²) in [6, 6.07) is 1.69. The molecule has 0 spiro atoms. The Bertz CT molecular complexity index is 470. The Morgan fingerprint density at radius 1 is 1.41 bits per heavy atom. The highest BCUT2D eigenvalue weighted by atomic mass is 35.5. The second kappa shape index (κ2) is 5.58. The predicted octanol–water partition coefficient (Wildman–Crippen LogP) is 1.81. The zero-order valence-corrected chi connectivity index (χ0v) is 10.2. The molecular weight excluding hydrogens is 240 g/mol. The fourth-order valence-electron chi connectivity index (χ4n) is 1.38. The van der Waals surface area contributed by atoms with Crippen molar-refractivity contribution in [2.24, 2.45) is 0 Å². The van der Waals surface area contributed by atoms with E-state index in [1.807, 2.05) is 0 Å². The Balaban J connectivity index is 2.04. The third-order valence-corrected chi connectivity index (χ3v) is 2.31. The van der Waals surface area contributed by atoms with Gasteiger partial charge in [0.25, 0.3) is 0 Å². The highest BCUT2D eigenvalue weighted by molar-refractivity contribution is 6.29. The summed E-state index contributed by atoms with van der Waals surface area (Å²) in [6.45, 7) is 2.60. The van der Waals surface area contributed by atoms with Crippen molar-refractivity contribution in [1.82, 2.24) is 25.1 Å². The van der Waals surface area contributed by atoms with Gasteiger partial charge in [0.05, 0.1) is 6.54 Å². The Morgan fingerprint density at radius 3 is 3.00 bits per heavy atom. The molecule has 0 saturated heterocycles. The standard InChI is InChI=1S/C10H13ClN6/c1-2-3-8-15-7(11)4-9(16-8)12-5-10-13-6-14-17-10/h4,6H,2-3,5H2,1H3,(H,12,15,16)(H,13,14,17). The number of nitrogens with zero attached hydrogens (tertiary/aromatic N) is 4. The van der Waals surface area contributed by atoms with Crippen molar-refractivity contribution in [3.05, 3.63) is 29.2 Å². The minimum Gasteiger partial charge on any atom is -0.363 e. The second-order valence-corrected chi connectivity index (χ2v) is 3.92. The first kappa shape index (κ1) is 11.8. The highest BCUT2D eigenvalue weighted by Gasteiger charge is 2.03. The summed E-state index contributed by atoms with van der Waals surface area (Å²) in [4.78, 5) is 12.5. The first-order chi connectivity index (χ1) is 8.28. The number of nitrogens with one attached hydrogen (secondary N) is 2. The number of anilines is 1. The van der Waals surface area contributed by atoms with E-state index in [2.05, 4.69) is 37.4 Å². The van der Waals surface area contributed by atoms with Crippen LogP contribution in [0, 0.1) is 0 Å². The van der Waals surface area contributed by atoms with Crippen LogP contribution in [0.4, 0.5) is 5.82 Å². The molecule has 0 fully saturated rings. The van der Waals surface area contributed by atoms with Gasteiger partial charge >= 0.3 is 0 Å². The molecule has 2 heterocycles. The van der Waals surface area contributed by atoms with Crippen molar-refractivity contribution >= 4 is 17.4 Å². The fourth-order valence-corrected chi connectivity index (χ4v) is 1.58. The fraction of sp³-hybridized carbons (Fsp3) is 0.400. The summed E-state index contributed by atoms with van der Waals surface area (Å²) in [5.41, 5.74) is 0. The van der Waals surface area contributed by atoms with Gasteiger partial charge in [-0.15, -0.1) is 0 Å². The maximum Gasteiger partial charge on any atom is 0.143 e. The van der Waals surface area contributed by atoms with E-state index in [-0.39, 0.29) is 0 Å². The molecule has 0 saturated carbocycles. The molecule has 2 aromatic rings. The Kier molecular flexibility index (Phi) is 3.87. The highest BCUT2D eigenvalue weighted by Crippen LogP contribution is 2.12. The van der Waals surface area contributed by atoms with E-state index in [1.165, 1.54) is 6.33 Å². The van der Waals surface area contributed by atoms with Gasteiger partial charge < -0.3 is 5.32 Å². The van der Waals surface area contributed by atoms with Crippen molar-refractivity contribution in [2.75, 3.05) is 5.32 Å². The summed E-state index contributed by atoms with van der Waals surface area (Å²) in [7, 11) is 0. The van der Waals surface area contributed by atoms with Crippen molar-refractivity contribution < 1.29 is 0 Å². The number of aromatic nitrogens is 5. The number of aromatic amines is 1. The van der Waals surface area contributed by atoms with Crippen LogP contribution in [0.2, 0.25) is 5.15 Å². The molecule has 0 bridgehead atoms. The van der Waals surface area contributed by atoms with Gasteiger partial charge in [0, 0.05) is 12.5 Å². The lowest BCUT2D eigenvalue weighted by Crippen LogP contribution is -2.05. The van der Waals surface area contributed by atoms with E-state index < -0.39 is 0 Å². The molecular formula is C10H13ClN6. The van der Waals surface area contributed by atoms with Gasteiger partial charge in [-0.25, -0.2) is 15.0 Å². The number of hydrogen-bond acceptors (Lipinski definition) is 5. The van der Waals surface area contributed by atoms with Crippen LogP contribution in [0.5, 0.6) is 0 Å². The van der Waals surface area contributed by atoms with Crippen LogP contribution in [-0.2, 0) is 13.0 Å². The first-order valence-electron chi connectivity index (χ1n) is 5.39. The average molecular weight is 253 g/mol. The molecule has 0 aliphatic rings. The summed E-state index contributed by atoms with van der Waals surface area (Å²) >= 11 is 5.92. The van der Waals surface area contributed by atoms with Gasteiger partial charge in [-0.05, 0) is 6.42 Å². The SMILES string of the molecule is CCCc1nc(Cl)cc(NCc2ncn[nH]2)n1. The van der Waals surface area contributed by atoms with E-state index in [0.717, 1.165) is 24.5 Å². The number of aryl methyl sites for hydroxylation is 1. The van der Waals surface area contributed by atoms with Crippen LogP contribution >= 0.6 is 11.6 Å². The van der Waals surface area contributed by atoms with Crippen LogP contribution in [0.3, 0.4) is 0 Å². The zero-order valence-electron chi connectivity index (χ0n) is 9.44. The quantitative estimate of drug-likeness (QED) is 0.794. The summed E-state index contributed by atoms with van der Waals surface area (Å²) in [5, 5.41) is 10.1. The summed E-state index contributed by atoms with van der Waals surface area (Å²) in [5.74, 6) is 2.20. The van der Waals surface area contributed by atoms with Gasteiger partial charge in [-0.3, -0.25) is 5.10 Å². The van der Waals surface area contributed by atoms with Gasteiger partial charge in [-0.1, -0.05) is 18.5 Å². The minimum absolute atomic E-state index is 0.448. The van der Waals surface area contributed by atoms with Gasteiger partial charge in [-0.2, -0.15) is 5.10 Å². The number of hydrogen-bond donors (Lipinski definition) is 2. The van der Waals surface area contributed by atoms with E-state index in [0.29, 0.717) is 17.5 Å². The van der Waals surface area contributed by atoms with Crippen molar-refractivity contribution in [3.8, 4) is 0 Å². The third-order valence-electron chi connectivity index (χ3n) is 2.12. The topological polar surface area (TPSA) is 79.4 Å². The molecule has 0 aliphatic heterocycles. The smallest absolute Gasteiger partial charge is 0.143 e. The lowest BCUT2D eigenvalue weighted by atomic mass is 10.3. The Morgan fingerprint density at radius 2 is 2.29 bits per heavy atom. The average Bonchev–Trinajstić information content (AvgIpc) is 2.79. The zero-order chi connectivity index (χ0) is 12.1. The molecule has 2 aromatic heterocycles. The molecule has 0 radical (unpaired) electrons. The normalized spacial score (nSPS) is 10.5. The Hall–Kier alpha value is -1.69. The van der Waals surface area contributed by atoms with E-state index >= 15 is 0 Å². The molecule has 6 nitrogen and oxygen atoms in total. The molecule has 0 aromatic carbocycles. The molecule has 0 aliphatic carbocycles. The maximum absolute atomic E-state index is 5.92. The van der Waals surface area contributed by atoms with E-state index in [1.54, 1.807) is 6.07 Å². The molecule has 2 N–H and O–H groups in total. The predicted molar refractivity (Wildman–Crippen MR) is 64.7 cm³/mol. The molecule has 0 amide bonds. The van der Waals surface area contributed by atoms with Crippen LogP contribution in [-0.4, -0.2) is 25.1 Å². The summed E-state index contributed by atoms with van der Waals surface area (Å²) in [6.07, 6.45) is 3.27. The van der Waals surface area contributed by atoms with Crippen molar-refractivity contribution in [1.29, 1.82) is 0 Å². The van der Waals surface area contributed by atoms with Crippen molar-refractivity contribution in [3.63, 3.8) is 0 Å². The van der Waals surface area contributed by atoms with Gasteiger partial charge in [0.15, 0.2) is 0 Å². The number of halogens is 1. The number of rotatable bonds is 5. The minimum atomic E-state index is 0.448. The molecule has 7 heteroatoms. The molecule has 17 heavy (non-hydrogen) atoms. The van der Waals surface area contributed by atoms with Crippen molar-refractivity contribution in [2.45, 2.75) is 26.3 Å². The molecule has 2 rings (SSSR count). The second-order valence-electron chi connectivity index (χ2n) is 3.53. The largest absolute Gasteiger partial charge is 0.363 e. The Labute approximate surface area is 104 Å². The third kappa shape index (κ3) is 3.39. The van der Waals surface area contributed by atoms with Gasteiger partial charge in [0.1, 0.15) is 28.9 Å². The van der Waals surface area contributed by atoms with Crippen LogP contribution in [0.25, 0.3) is 0 Å². The summed E-state index contributed by atoms with van der Waals surface area (Å²) < 4.78 is 0. The monoisotopic (exact) mass is 252 g/mol. The lowest BCUT2D eigenvalue weighted by molar-refractivity contribution is 0.831. The van der Waals surface area contributed by atoms with E-state index in [9.17, 15) is 0 Å². The molecule has 0 unspecified atom stereocenters. The first-order valence-corrected chi connectivity index (χ1v) is 5.77. The molecule has 0 atom stereocenters. The maximum atomic E-state index is 5.92. The van der Waals surface area contributed by atoms with Crippen LogP contribution in [0.15, 0.2) is 12.4 Å². The van der Waals surface area contributed by atoms with Crippen LogP contribution < -0.4 is 5.32 Å².